The molecule has 1 aliphatic carbocycles. The van der Waals surface area contributed by atoms with Crippen LogP contribution in [0.1, 0.15) is 41.7 Å². The highest BCUT2D eigenvalue weighted by Crippen LogP contribution is 2.21. The molecule has 1 saturated carbocycles. The van der Waals surface area contributed by atoms with Gasteiger partial charge in [-0.25, -0.2) is 9.37 Å². The monoisotopic (exact) mass is 426 g/mol. The lowest BCUT2D eigenvalue weighted by molar-refractivity contribution is 0.0923. The molecule has 156 valence electrons. The van der Waals surface area contributed by atoms with Crippen LogP contribution in [0.2, 0.25) is 5.02 Å². The average Bonchev–Trinajstić information content (AvgIpc) is 3.22. The maximum absolute atomic E-state index is 13.5. The Morgan fingerprint density at radius 2 is 1.83 bits per heavy atom. The summed E-state index contributed by atoms with van der Waals surface area (Å²) in [7, 11) is 0. The van der Waals surface area contributed by atoms with E-state index in [1.165, 1.54) is 18.2 Å². The number of carbonyl (C=O) groups is 1. The first-order chi connectivity index (χ1) is 14.6. The van der Waals surface area contributed by atoms with Gasteiger partial charge in [0.05, 0.1) is 0 Å². The van der Waals surface area contributed by atoms with Crippen molar-refractivity contribution in [3.05, 3.63) is 76.8 Å². The van der Waals surface area contributed by atoms with E-state index in [1.54, 1.807) is 0 Å². The second kappa shape index (κ2) is 9.41. The van der Waals surface area contributed by atoms with Crippen LogP contribution in [-0.4, -0.2) is 28.0 Å². The van der Waals surface area contributed by atoms with E-state index in [1.807, 2.05) is 36.5 Å². The molecule has 3 aromatic rings. The first-order valence-corrected chi connectivity index (χ1v) is 10.5. The molecule has 0 bridgehead atoms. The first kappa shape index (κ1) is 20.6. The van der Waals surface area contributed by atoms with Gasteiger partial charge in [-0.15, -0.1) is 0 Å². The molecule has 5 nitrogen and oxygen atoms in total. The van der Waals surface area contributed by atoms with Crippen molar-refractivity contribution in [1.82, 2.24) is 20.6 Å². The summed E-state index contributed by atoms with van der Waals surface area (Å²) in [5, 5.41) is 6.79. The van der Waals surface area contributed by atoms with Gasteiger partial charge in [-0.2, -0.15) is 0 Å². The molecule has 2 aromatic carbocycles. The van der Waals surface area contributed by atoms with Crippen LogP contribution >= 0.6 is 11.6 Å². The molecule has 0 saturated heterocycles. The van der Waals surface area contributed by atoms with Crippen molar-refractivity contribution in [2.75, 3.05) is 0 Å². The lowest BCUT2D eigenvalue weighted by Gasteiger charge is -2.29. The van der Waals surface area contributed by atoms with Crippen LogP contribution in [0.4, 0.5) is 4.39 Å². The van der Waals surface area contributed by atoms with Gasteiger partial charge in [0.1, 0.15) is 11.6 Å². The van der Waals surface area contributed by atoms with Crippen molar-refractivity contribution in [2.24, 2.45) is 0 Å². The van der Waals surface area contributed by atoms with Gasteiger partial charge in [0.2, 0.25) is 0 Å². The van der Waals surface area contributed by atoms with Gasteiger partial charge >= 0.3 is 0 Å². The van der Waals surface area contributed by atoms with Gasteiger partial charge in [-0.3, -0.25) is 4.79 Å². The Morgan fingerprint density at radius 1 is 1.10 bits per heavy atom. The number of amides is 1. The maximum Gasteiger partial charge on any atom is 0.251 e. The van der Waals surface area contributed by atoms with Crippen LogP contribution in [0.15, 0.2) is 54.7 Å². The second-order valence-electron chi connectivity index (χ2n) is 7.68. The molecule has 0 radical (unpaired) electrons. The Balaban J connectivity index is 1.23. The summed E-state index contributed by atoms with van der Waals surface area (Å²) in [4.78, 5) is 20.2. The van der Waals surface area contributed by atoms with Crippen molar-refractivity contribution in [3.63, 3.8) is 0 Å². The maximum atomic E-state index is 13.5. The van der Waals surface area contributed by atoms with E-state index in [4.69, 9.17) is 11.6 Å². The summed E-state index contributed by atoms with van der Waals surface area (Å²) in [6.45, 7) is 0.726. The number of rotatable bonds is 6. The lowest BCUT2D eigenvalue weighted by atomic mass is 9.91. The Morgan fingerprint density at radius 3 is 2.57 bits per heavy atom. The number of aromatic amines is 1. The molecule has 1 fully saturated rings. The summed E-state index contributed by atoms with van der Waals surface area (Å²) in [5.74, 6) is 0.0877. The van der Waals surface area contributed by atoms with E-state index >= 15 is 0 Å². The predicted octanol–water partition coefficient (Wildman–Crippen LogP) is 4.70. The fourth-order valence-corrected chi connectivity index (χ4v) is 4.06. The van der Waals surface area contributed by atoms with Crippen LogP contribution in [0.5, 0.6) is 0 Å². The van der Waals surface area contributed by atoms with Gasteiger partial charge in [0.25, 0.3) is 5.91 Å². The van der Waals surface area contributed by atoms with Gasteiger partial charge in [0.15, 0.2) is 0 Å². The Kier molecular flexibility index (Phi) is 6.45. The first-order valence-electron chi connectivity index (χ1n) is 10.2. The Bertz CT molecular complexity index is 979. The number of benzene rings is 2. The predicted molar refractivity (Wildman–Crippen MR) is 116 cm³/mol. The molecule has 0 atom stereocenters. The van der Waals surface area contributed by atoms with Crippen molar-refractivity contribution in [2.45, 2.75) is 44.3 Å². The smallest absolute Gasteiger partial charge is 0.251 e. The highest BCUT2D eigenvalue weighted by atomic mass is 35.5. The largest absolute Gasteiger partial charge is 0.349 e. The van der Waals surface area contributed by atoms with Crippen LogP contribution in [-0.2, 0) is 6.54 Å². The number of nitrogens with zero attached hydrogens (tertiary/aromatic N) is 1. The lowest BCUT2D eigenvalue weighted by Crippen LogP contribution is -2.42. The summed E-state index contributed by atoms with van der Waals surface area (Å²) < 4.78 is 13.5. The molecule has 0 aliphatic heterocycles. The van der Waals surface area contributed by atoms with Crippen molar-refractivity contribution < 1.29 is 9.18 Å². The van der Waals surface area contributed by atoms with E-state index in [9.17, 15) is 9.18 Å². The number of H-pyrrole nitrogens is 1. The number of carbonyl (C=O) groups excluding carboxylic acids is 1. The van der Waals surface area contributed by atoms with Crippen molar-refractivity contribution >= 4 is 17.5 Å². The van der Waals surface area contributed by atoms with Crippen LogP contribution < -0.4 is 10.6 Å². The molecule has 7 heteroatoms. The van der Waals surface area contributed by atoms with Gasteiger partial charge in [0, 0.05) is 46.7 Å². The summed E-state index contributed by atoms with van der Waals surface area (Å²) >= 11 is 5.84. The zero-order valence-corrected chi connectivity index (χ0v) is 17.3. The highest BCUT2D eigenvalue weighted by Gasteiger charge is 2.23. The minimum absolute atomic E-state index is 0.0921. The minimum Gasteiger partial charge on any atom is -0.349 e. The van der Waals surface area contributed by atoms with Crippen LogP contribution in [0.3, 0.4) is 0 Å². The number of nitrogens with one attached hydrogen (secondary N) is 3. The number of imidazole rings is 1. The molecule has 0 unspecified atom stereocenters. The Labute approximate surface area is 180 Å². The van der Waals surface area contributed by atoms with Crippen LogP contribution in [0, 0.1) is 5.82 Å². The summed E-state index contributed by atoms with van der Waals surface area (Å²) in [6, 6.07) is 14.4. The standard InChI is InChI=1S/C23H24ClFN4O/c24-17-10-16(11-18(25)12-17)23(30)29-20-8-6-19(7-9-20)26-13-21-14-27-22(28-21)15-4-2-1-3-5-15/h1-5,10-12,14,19-20,26H,6-9,13H2,(H,27,28)(H,29,30)/t19-,20-. The number of hydrogen-bond donors (Lipinski definition) is 3. The molecule has 3 N–H and O–H groups in total. The van der Waals surface area contributed by atoms with Crippen LogP contribution in [0.25, 0.3) is 11.4 Å². The molecular formula is C23H24ClFN4O. The molecule has 30 heavy (non-hydrogen) atoms. The second-order valence-corrected chi connectivity index (χ2v) is 8.12. The fourth-order valence-electron chi connectivity index (χ4n) is 3.84. The van der Waals surface area contributed by atoms with E-state index in [2.05, 4.69) is 20.6 Å². The van der Waals surface area contributed by atoms with E-state index in [0.717, 1.165) is 49.3 Å². The van der Waals surface area contributed by atoms with Crippen molar-refractivity contribution in [3.8, 4) is 11.4 Å². The molecule has 0 spiro atoms. The molecular weight excluding hydrogens is 403 g/mol. The van der Waals surface area contributed by atoms with E-state index in [-0.39, 0.29) is 22.5 Å². The summed E-state index contributed by atoms with van der Waals surface area (Å²) in [6.07, 6.45) is 5.56. The Hall–Kier alpha value is -2.70. The van der Waals surface area contributed by atoms with E-state index < -0.39 is 5.82 Å². The highest BCUT2D eigenvalue weighted by molar-refractivity contribution is 6.31. The minimum atomic E-state index is -0.505. The van der Waals surface area contributed by atoms with Gasteiger partial charge < -0.3 is 15.6 Å². The topological polar surface area (TPSA) is 69.8 Å². The third kappa shape index (κ3) is 5.26. The zero-order chi connectivity index (χ0) is 20.9. The van der Waals surface area contributed by atoms with Gasteiger partial charge in [-0.1, -0.05) is 41.9 Å². The van der Waals surface area contributed by atoms with E-state index in [0.29, 0.717) is 6.04 Å². The fraction of sp³-hybridized carbons (Fsp3) is 0.304. The normalized spacial score (nSPS) is 18.9. The zero-order valence-electron chi connectivity index (χ0n) is 16.5. The van der Waals surface area contributed by atoms with Gasteiger partial charge in [-0.05, 0) is 43.9 Å². The number of hydrogen-bond acceptors (Lipinski definition) is 3. The summed E-state index contributed by atoms with van der Waals surface area (Å²) in [5.41, 5.74) is 2.38. The third-order valence-electron chi connectivity index (χ3n) is 5.44. The number of aromatic nitrogens is 2. The molecule has 1 amide bonds. The third-order valence-corrected chi connectivity index (χ3v) is 5.66. The van der Waals surface area contributed by atoms with Crippen molar-refractivity contribution in [1.29, 1.82) is 0 Å². The number of halogens is 2. The molecule has 1 aliphatic rings. The molecule has 4 rings (SSSR count). The SMILES string of the molecule is O=C(N[C@H]1CC[C@H](NCc2cnc(-c3ccccc3)[nH]2)CC1)c1cc(F)cc(Cl)c1. The quantitative estimate of drug-likeness (QED) is 0.535. The average molecular weight is 427 g/mol. The molecule has 1 aromatic heterocycles. The molecule has 1 heterocycles.